The second-order valence-electron chi connectivity index (χ2n) is 6.83. The number of ether oxygens (including phenoxy) is 1. The molecule has 0 bridgehead atoms. The Labute approximate surface area is 192 Å². The first-order valence-electron chi connectivity index (χ1n) is 9.59. The van der Waals surface area contributed by atoms with E-state index in [1.165, 1.54) is 22.8 Å². The van der Waals surface area contributed by atoms with E-state index in [2.05, 4.69) is 10.1 Å². The van der Waals surface area contributed by atoms with Crippen LogP contribution >= 0.6 is 23.4 Å². The third-order valence-electron chi connectivity index (χ3n) is 4.62. The van der Waals surface area contributed by atoms with Gasteiger partial charge in [-0.3, -0.25) is 10.2 Å². The van der Waals surface area contributed by atoms with Crippen molar-refractivity contribution in [3.63, 3.8) is 0 Å². The molecule has 2 aliphatic heterocycles. The van der Waals surface area contributed by atoms with Crippen LogP contribution in [-0.4, -0.2) is 33.6 Å². The molecule has 3 heterocycles. The monoisotopic (exact) mass is 462 g/mol. The van der Waals surface area contributed by atoms with Crippen LogP contribution in [0.2, 0.25) is 5.02 Å². The van der Waals surface area contributed by atoms with Crippen LogP contribution in [-0.2, 0) is 4.79 Å². The number of hydrogen-bond acceptors (Lipinski definition) is 6. The van der Waals surface area contributed by atoms with E-state index in [0.29, 0.717) is 32.5 Å². The number of rotatable bonds is 5. The number of thioether (sulfide) groups is 1. The van der Waals surface area contributed by atoms with Crippen LogP contribution in [0.15, 0.2) is 86.8 Å². The molecule has 7 nitrogen and oxygen atoms in total. The highest BCUT2D eigenvalue weighted by molar-refractivity contribution is 8.27. The molecule has 0 saturated heterocycles. The predicted octanol–water partition coefficient (Wildman–Crippen LogP) is 5.30. The second kappa shape index (κ2) is 8.49. The van der Waals surface area contributed by atoms with Crippen molar-refractivity contribution in [3.8, 4) is 17.1 Å². The molecule has 0 atom stereocenters. The van der Waals surface area contributed by atoms with Gasteiger partial charge in [0.15, 0.2) is 5.84 Å². The molecule has 3 aromatic rings. The minimum atomic E-state index is -0.519. The number of benzene rings is 2. The molecule has 1 aromatic heterocycles. The molecular formula is C23H15ClN4O3S. The minimum Gasteiger partial charge on any atom is -0.487 e. The van der Waals surface area contributed by atoms with E-state index in [1.54, 1.807) is 24.3 Å². The van der Waals surface area contributed by atoms with Crippen molar-refractivity contribution in [1.29, 1.82) is 5.41 Å². The van der Waals surface area contributed by atoms with Crippen LogP contribution in [0, 0.1) is 5.41 Å². The molecule has 9 heteroatoms. The summed E-state index contributed by atoms with van der Waals surface area (Å²) in [5.41, 5.74) is 0.909. The van der Waals surface area contributed by atoms with E-state index < -0.39 is 5.91 Å². The van der Waals surface area contributed by atoms with Crippen molar-refractivity contribution < 1.29 is 13.9 Å². The first-order chi connectivity index (χ1) is 15.6. The maximum Gasteiger partial charge on any atom is 0.283 e. The molecule has 0 spiro atoms. The SMILES string of the molecule is N=C1C(=Cc2ccc(-c3cccc(Cl)c3)o2)C(=O)N=C2SC(COc3ccccc3)=NN12. The highest BCUT2D eigenvalue weighted by Gasteiger charge is 2.36. The van der Waals surface area contributed by atoms with E-state index in [9.17, 15) is 4.79 Å². The number of carbonyl (C=O) groups is 1. The van der Waals surface area contributed by atoms with Crippen molar-refractivity contribution >= 4 is 51.4 Å². The normalized spacial score (nSPS) is 16.8. The lowest BCUT2D eigenvalue weighted by Gasteiger charge is -2.19. The molecule has 0 saturated carbocycles. The van der Waals surface area contributed by atoms with Crippen molar-refractivity contribution in [2.75, 3.05) is 6.61 Å². The third kappa shape index (κ3) is 4.10. The Morgan fingerprint density at radius 2 is 1.97 bits per heavy atom. The summed E-state index contributed by atoms with van der Waals surface area (Å²) in [6, 6.07) is 20.1. The van der Waals surface area contributed by atoms with Crippen molar-refractivity contribution in [2.45, 2.75) is 0 Å². The number of amides is 1. The predicted molar refractivity (Wildman–Crippen MR) is 126 cm³/mol. The summed E-state index contributed by atoms with van der Waals surface area (Å²) in [6.07, 6.45) is 1.50. The van der Waals surface area contributed by atoms with Gasteiger partial charge in [0.1, 0.15) is 28.9 Å². The molecule has 158 valence electrons. The summed E-state index contributed by atoms with van der Waals surface area (Å²) < 4.78 is 11.5. The molecule has 32 heavy (non-hydrogen) atoms. The highest BCUT2D eigenvalue weighted by Crippen LogP contribution is 2.30. The van der Waals surface area contributed by atoms with Crippen LogP contribution in [0.3, 0.4) is 0 Å². The van der Waals surface area contributed by atoms with Gasteiger partial charge in [-0.05, 0) is 54.2 Å². The summed E-state index contributed by atoms with van der Waals surface area (Å²) in [5, 5.41) is 15.7. The van der Waals surface area contributed by atoms with Crippen molar-refractivity contribution in [1.82, 2.24) is 5.01 Å². The molecule has 0 radical (unpaired) electrons. The number of carbonyl (C=O) groups excluding carboxylic acids is 1. The van der Waals surface area contributed by atoms with Gasteiger partial charge in [-0.25, -0.2) is 0 Å². The fourth-order valence-corrected chi connectivity index (χ4v) is 4.11. The fraction of sp³-hybridized carbons (Fsp3) is 0.0435. The number of fused-ring (bicyclic) bond motifs is 1. The van der Waals surface area contributed by atoms with Crippen LogP contribution in [0.5, 0.6) is 5.75 Å². The lowest BCUT2D eigenvalue weighted by molar-refractivity contribution is -0.114. The lowest BCUT2D eigenvalue weighted by atomic mass is 10.1. The quantitative estimate of drug-likeness (QED) is 0.519. The van der Waals surface area contributed by atoms with Gasteiger partial charge in [0.05, 0.1) is 5.57 Å². The van der Waals surface area contributed by atoms with E-state index in [4.69, 9.17) is 26.2 Å². The number of para-hydroxylation sites is 1. The zero-order valence-corrected chi connectivity index (χ0v) is 18.1. The van der Waals surface area contributed by atoms with Crippen LogP contribution in [0.1, 0.15) is 5.76 Å². The Morgan fingerprint density at radius 1 is 1.12 bits per heavy atom. The van der Waals surface area contributed by atoms with Crippen LogP contribution in [0.25, 0.3) is 17.4 Å². The van der Waals surface area contributed by atoms with Gasteiger partial charge in [-0.15, -0.1) is 0 Å². The standard InChI is InChI=1S/C23H15ClN4O3S/c24-15-6-4-5-14(11-15)19-10-9-17(31-19)12-18-21(25)28-23(26-22(18)29)32-20(27-28)13-30-16-7-2-1-3-8-16/h1-12,25H,13H2. The second-order valence-corrected chi connectivity index (χ2v) is 8.30. The topological polar surface area (TPSA) is 91.2 Å². The summed E-state index contributed by atoms with van der Waals surface area (Å²) in [5.74, 6) is 1.16. The molecule has 0 unspecified atom stereocenters. The Morgan fingerprint density at radius 3 is 2.78 bits per heavy atom. The molecular weight excluding hydrogens is 448 g/mol. The summed E-state index contributed by atoms with van der Waals surface area (Å²) in [6.45, 7) is 0.214. The summed E-state index contributed by atoms with van der Waals surface area (Å²) in [4.78, 5) is 16.7. The maximum absolute atomic E-state index is 12.6. The number of amidine groups is 2. The number of nitrogens with zero attached hydrogens (tertiary/aromatic N) is 3. The van der Waals surface area contributed by atoms with Gasteiger partial charge < -0.3 is 9.15 Å². The van der Waals surface area contributed by atoms with Gasteiger partial charge in [-0.2, -0.15) is 15.1 Å². The molecule has 2 aliphatic rings. The van der Waals surface area contributed by atoms with E-state index >= 15 is 0 Å². The average Bonchev–Trinajstić information content (AvgIpc) is 3.43. The first kappa shape index (κ1) is 20.3. The van der Waals surface area contributed by atoms with Crippen LogP contribution < -0.4 is 4.74 Å². The smallest absolute Gasteiger partial charge is 0.283 e. The van der Waals surface area contributed by atoms with E-state index in [0.717, 1.165) is 5.56 Å². The fourth-order valence-electron chi connectivity index (χ4n) is 3.12. The number of halogens is 1. The molecule has 1 amide bonds. The molecule has 0 fully saturated rings. The molecule has 0 aliphatic carbocycles. The maximum atomic E-state index is 12.6. The van der Waals surface area contributed by atoms with Gasteiger partial charge in [0.25, 0.3) is 5.91 Å². The molecule has 2 aromatic carbocycles. The first-order valence-corrected chi connectivity index (χ1v) is 10.8. The number of aliphatic imine (C=N–C) groups is 1. The van der Waals surface area contributed by atoms with Gasteiger partial charge >= 0.3 is 0 Å². The number of nitrogens with one attached hydrogen (secondary N) is 1. The zero-order chi connectivity index (χ0) is 22.1. The van der Waals surface area contributed by atoms with Gasteiger partial charge in [-0.1, -0.05) is 41.9 Å². The van der Waals surface area contributed by atoms with Crippen molar-refractivity contribution in [2.24, 2.45) is 10.1 Å². The highest BCUT2D eigenvalue weighted by atomic mass is 35.5. The Bertz CT molecular complexity index is 1310. The number of furan rings is 1. The molecule has 1 N–H and O–H groups in total. The van der Waals surface area contributed by atoms with Gasteiger partial charge in [0, 0.05) is 10.6 Å². The van der Waals surface area contributed by atoms with Crippen molar-refractivity contribution in [3.05, 3.63) is 83.1 Å². The minimum absolute atomic E-state index is 0.0667. The van der Waals surface area contributed by atoms with Gasteiger partial charge in [0.2, 0.25) is 5.17 Å². The van der Waals surface area contributed by atoms with Crippen LogP contribution in [0.4, 0.5) is 0 Å². The molecule has 5 rings (SSSR count). The Kier molecular flexibility index (Phi) is 5.38. The zero-order valence-electron chi connectivity index (χ0n) is 16.5. The largest absolute Gasteiger partial charge is 0.487 e. The number of hydrazone groups is 1. The van der Waals surface area contributed by atoms with E-state index in [-0.39, 0.29) is 18.0 Å². The summed E-state index contributed by atoms with van der Waals surface area (Å²) >= 11 is 7.25. The number of hydrogen-bond donors (Lipinski definition) is 1. The Hall–Kier alpha value is -3.62. The lowest BCUT2D eigenvalue weighted by Crippen LogP contribution is -2.35. The third-order valence-corrected chi connectivity index (χ3v) is 5.74. The average molecular weight is 463 g/mol. The van der Waals surface area contributed by atoms with E-state index in [1.807, 2.05) is 42.5 Å². The Balaban J connectivity index is 1.35. The summed E-state index contributed by atoms with van der Waals surface area (Å²) in [7, 11) is 0.